The molecule has 20 heavy (non-hydrogen) atoms. The number of nitrogens with zero attached hydrogens (tertiary/aromatic N) is 2. The number of hydrogen-bond donors (Lipinski definition) is 1. The van der Waals surface area contributed by atoms with E-state index < -0.39 is 0 Å². The van der Waals surface area contributed by atoms with Crippen molar-refractivity contribution in [3.8, 4) is 0 Å². The largest absolute Gasteiger partial charge is 0.379 e. The van der Waals surface area contributed by atoms with Crippen molar-refractivity contribution in [1.82, 2.24) is 9.78 Å². The van der Waals surface area contributed by atoms with E-state index >= 15 is 0 Å². The third kappa shape index (κ3) is 3.54. The average molecular weight is 298 g/mol. The first-order valence-corrected chi connectivity index (χ1v) is 7.89. The molecule has 1 fully saturated rings. The summed E-state index contributed by atoms with van der Waals surface area (Å²) in [6, 6.07) is 0.392. The minimum absolute atomic E-state index is 0.200. The molecule has 0 saturated heterocycles. The van der Waals surface area contributed by atoms with E-state index in [1.165, 1.54) is 23.9 Å². The van der Waals surface area contributed by atoms with Crippen molar-refractivity contribution in [3.05, 3.63) is 21.6 Å². The smallest absolute Gasteiger partial charge is 0.287 e. The predicted octanol–water partition coefficient (Wildman–Crippen LogP) is 3.54. The van der Waals surface area contributed by atoms with Gasteiger partial charge in [-0.15, -0.1) is 0 Å². The number of halogens is 1. The Hall–Kier alpha value is -1.03. The molecule has 1 aromatic heterocycles. The maximum Gasteiger partial charge on any atom is 0.287 e. The molecular weight excluding hydrogens is 274 g/mol. The Kier molecular flexibility index (Phi) is 5.08. The van der Waals surface area contributed by atoms with Crippen molar-refractivity contribution in [3.63, 3.8) is 0 Å². The van der Waals surface area contributed by atoms with Crippen LogP contribution in [0.2, 0.25) is 5.02 Å². The molecule has 0 bridgehead atoms. The number of hydrogen-bond acceptors (Lipinski definition) is 3. The molecule has 2 unspecified atom stereocenters. The van der Waals surface area contributed by atoms with Crippen LogP contribution >= 0.6 is 11.6 Å². The van der Waals surface area contributed by atoms with Gasteiger partial charge in [0.15, 0.2) is 0 Å². The van der Waals surface area contributed by atoms with Gasteiger partial charge in [-0.05, 0) is 24.7 Å². The number of rotatable bonds is 4. The Morgan fingerprint density at radius 1 is 1.45 bits per heavy atom. The molecule has 0 radical (unpaired) electrons. The summed E-state index contributed by atoms with van der Waals surface area (Å²) in [6.07, 6.45) is 6.58. The van der Waals surface area contributed by atoms with Gasteiger partial charge in [-0.1, -0.05) is 45.2 Å². The van der Waals surface area contributed by atoms with Gasteiger partial charge in [0.1, 0.15) is 5.02 Å². The van der Waals surface area contributed by atoms with Crippen LogP contribution in [0.15, 0.2) is 11.0 Å². The van der Waals surface area contributed by atoms with Gasteiger partial charge in [-0.2, -0.15) is 5.10 Å². The highest BCUT2D eigenvalue weighted by molar-refractivity contribution is 6.32. The van der Waals surface area contributed by atoms with E-state index in [2.05, 4.69) is 31.2 Å². The Bertz CT molecular complexity index is 512. The Morgan fingerprint density at radius 2 is 2.15 bits per heavy atom. The van der Waals surface area contributed by atoms with E-state index in [1.807, 2.05) is 0 Å². The molecule has 1 aliphatic rings. The molecule has 0 aromatic carbocycles. The molecule has 2 rings (SSSR count). The average Bonchev–Trinajstić information content (AvgIpc) is 2.40. The van der Waals surface area contributed by atoms with Crippen LogP contribution in [-0.2, 0) is 6.54 Å². The van der Waals surface area contributed by atoms with Crippen molar-refractivity contribution < 1.29 is 0 Å². The van der Waals surface area contributed by atoms with Gasteiger partial charge in [-0.3, -0.25) is 4.79 Å². The van der Waals surface area contributed by atoms with E-state index in [0.717, 1.165) is 6.42 Å². The maximum atomic E-state index is 12.2. The van der Waals surface area contributed by atoms with Gasteiger partial charge in [0, 0.05) is 12.6 Å². The lowest BCUT2D eigenvalue weighted by molar-refractivity contribution is 0.349. The Balaban J connectivity index is 2.16. The van der Waals surface area contributed by atoms with Gasteiger partial charge < -0.3 is 5.32 Å². The molecule has 1 aromatic rings. The quantitative estimate of drug-likeness (QED) is 0.924. The zero-order chi connectivity index (χ0) is 14.7. The third-order valence-electron chi connectivity index (χ3n) is 3.98. The van der Waals surface area contributed by atoms with Crippen LogP contribution < -0.4 is 10.9 Å². The van der Waals surface area contributed by atoms with Crippen LogP contribution in [0.4, 0.5) is 5.69 Å². The second-order valence-electron chi connectivity index (χ2n) is 6.27. The molecule has 5 heteroatoms. The van der Waals surface area contributed by atoms with E-state index in [0.29, 0.717) is 30.1 Å². The Labute approximate surface area is 125 Å². The van der Waals surface area contributed by atoms with Crippen molar-refractivity contribution in [2.75, 3.05) is 5.32 Å². The first-order valence-electron chi connectivity index (χ1n) is 7.51. The van der Waals surface area contributed by atoms with Crippen molar-refractivity contribution in [2.24, 2.45) is 11.8 Å². The molecule has 1 saturated carbocycles. The molecule has 1 N–H and O–H groups in total. The summed E-state index contributed by atoms with van der Waals surface area (Å²) in [5, 5.41) is 7.90. The summed E-state index contributed by atoms with van der Waals surface area (Å²) in [5.74, 6) is 0.978. The van der Waals surface area contributed by atoms with Crippen molar-refractivity contribution in [1.29, 1.82) is 0 Å². The highest BCUT2D eigenvalue weighted by Crippen LogP contribution is 2.28. The van der Waals surface area contributed by atoms with E-state index in [9.17, 15) is 4.79 Å². The topological polar surface area (TPSA) is 46.9 Å². The van der Waals surface area contributed by atoms with Gasteiger partial charge in [0.05, 0.1) is 11.9 Å². The summed E-state index contributed by atoms with van der Waals surface area (Å²) in [6.45, 7) is 6.95. The second-order valence-corrected chi connectivity index (χ2v) is 6.64. The fourth-order valence-corrected chi connectivity index (χ4v) is 2.97. The fourth-order valence-electron chi connectivity index (χ4n) is 2.77. The molecule has 1 heterocycles. The summed E-state index contributed by atoms with van der Waals surface area (Å²) in [5.41, 5.74) is 0.476. The minimum atomic E-state index is -0.200. The Morgan fingerprint density at radius 3 is 2.80 bits per heavy atom. The van der Waals surface area contributed by atoms with Gasteiger partial charge in [-0.25, -0.2) is 4.68 Å². The van der Waals surface area contributed by atoms with Gasteiger partial charge in [0.25, 0.3) is 5.56 Å². The van der Waals surface area contributed by atoms with E-state index in [-0.39, 0.29) is 10.6 Å². The van der Waals surface area contributed by atoms with Crippen LogP contribution in [0.3, 0.4) is 0 Å². The van der Waals surface area contributed by atoms with Crippen molar-refractivity contribution in [2.45, 2.75) is 59.0 Å². The van der Waals surface area contributed by atoms with Gasteiger partial charge >= 0.3 is 0 Å². The normalized spacial score (nSPS) is 23.1. The summed E-state index contributed by atoms with van der Waals surface area (Å²) < 4.78 is 1.45. The van der Waals surface area contributed by atoms with Crippen LogP contribution in [0.1, 0.15) is 46.5 Å². The van der Waals surface area contributed by atoms with Crippen LogP contribution in [-0.4, -0.2) is 15.8 Å². The maximum absolute atomic E-state index is 12.2. The zero-order valence-electron chi connectivity index (χ0n) is 12.5. The lowest BCUT2D eigenvalue weighted by Gasteiger charge is -2.30. The molecule has 112 valence electrons. The summed E-state index contributed by atoms with van der Waals surface area (Å²) >= 11 is 6.21. The molecule has 0 aliphatic heterocycles. The standard InChI is InChI=1S/C15H24ClN3O/c1-10(2)9-19-15(20)14(16)13(8-17-19)18-12-7-5-4-6-11(12)3/h8,10-12,18H,4-7,9H2,1-3H3. The third-order valence-corrected chi connectivity index (χ3v) is 4.34. The molecule has 0 amide bonds. The number of nitrogens with one attached hydrogen (secondary N) is 1. The monoisotopic (exact) mass is 297 g/mol. The highest BCUT2D eigenvalue weighted by atomic mass is 35.5. The minimum Gasteiger partial charge on any atom is -0.379 e. The molecule has 0 spiro atoms. The molecular formula is C15H24ClN3O. The lowest BCUT2D eigenvalue weighted by atomic mass is 9.86. The zero-order valence-corrected chi connectivity index (χ0v) is 13.3. The van der Waals surface area contributed by atoms with Crippen LogP contribution in [0.5, 0.6) is 0 Å². The highest BCUT2D eigenvalue weighted by Gasteiger charge is 2.22. The van der Waals surface area contributed by atoms with Gasteiger partial charge in [0.2, 0.25) is 0 Å². The fraction of sp³-hybridized carbons (Fsp3) is 0.733. The van der Waals surface area contributed by atoms with E-state index in [4.69, 9.17) is 11.6 Å². The SMILES string of the molecule is CC(C)Cn1ncc(NC2CCCCC2C)c(Cl)c1=O. The van der Waals surface area contributed by atoms with Crippen LogP contribution in [0.25, 0.3) is 0 Å². The first kappa shape index (κ1) is 15.4. The molecule has 4 nitrogen and oxygen atoms in total. The molecule has 1 aliphatic carbocycles. The number of aromatic nitrogens is 2. The summed E-state index contributed by atoms with van der Waals surface area (Å²) in [7, 11) is 0. The second kappa shape index (κ2) is 6.61. The predicted molar refractivity (Wildman–Crippen MR) is 83.4 cm³/mol. The first-order chi connectivity index (χ1) is 9.49. The lowest BCUT2D eigenvalue weighted by Crippen LogP contribution is -2.32. The van der Waals surface area contributed by atoms with E-state index in [1.54, 1.807) is 6.20 Å². The van der Waals surface area contributed by atoms with Crippen LogP contribution in [0, 0.1) is 11.8 Å². The number of anilines is 1. The summed E-state index contributed by atoms with van der Waals surface area (Å²) in [4.78, 5) is 12.2. The van der Waals surface area contributed by atoms with Crippen molar-refractivity contribution >= 4 is 17.3 Å². The molecule has 2 atom stereocenters.